The number of benzene rings is 1. The molecule has 0 fully saturated rings. The number of para-hydroxylation sites is 1. The van der Waals surface area contributed by atoms with Crippen molar-refractivity contribution in [3.8, 4) is 11.8 Å². The van der Waals surface area contributed by atoms with E-state index >= 15 is 0 Å². The van der Waals surface area contributed by atoms with Crippen LogP contribution in [0.2, 0.25) is 0 Å². The molecule has 1 aromatic heterocycles. The molecular formula is C22H24N2O4S. The van der Waals surface area contributed by atoms with Gasteiger partial charge in [-0.1, -0.05) is 25.1 Å². The highest BCUT2D eigenvalue weighted by molar-refractivity contribution is 7.16. The molecule has 1 heterocycles. The lowest BCUT2D eigenvalue weighted by Crippen LogP contribution is -2.16. The molecule has 0 bridgehead atoms. The van der Waals surface area contributed by atoms with Gasteiger partial charge in [-0.05, 0) is 44.9 Å². The predicted molar refractivity (Wildman–Crippen MR) is 114 cm³/mol. The molecule has 6 nitrogen and oxygen atoms in total. The van der Waals surface area contributed by atoms with Gasteiger partial charge in [-0.25, -0.2) is 4.79 Å². The van der Waals surface area contributed by atoms with E-state index in [1.165, 1.54) is 17.4 Å². The molecule has 7 heteroatoms. The molecule has 0 radical (unpaired) electrons. The first kappa shape index (κ1) is 22.2. The van der Waals surface area contributed by atoms with Crippen LogP contribution in [-0.2, 0) is 9.53 Å². The molecule has 29 heavy (non-hydrogen) atoms. The van der Waals surface area contributed by atoms with Crippen molar-refractivity contribution in [1.82, 2.24) is 0 Å². The number of amides is 1. The Morgan fingerprint density at radius 1 is 1.24 bits per heavy atom. The summed E-state index contributed by atoms with van der Waals surface area (Å²) < 4.78 is 10.8. The van der Waals surface area contributed by atoms with E-state index in [1.807, 2.05) is 32.0 Å². The van der Waals surface area contributed by atoms with Gasteiger partial charge in [-0.2, -0.15) is 5.26 Å². The van der Waals surface area contributed by atoms with Crippen LogP contribution in [-0.4, -0.2) is 25.1 Å². The fraction of sp³-hybridized carbons (Fsp3) is 0.318. The van der Waals surface area contributed by atoms with Crippen LogP contribution in [0.4, 0.5) is 5.00 Å². The number of rotatable bonds is 8. The van der Waals surface area contributed by atoms with E-state index in [4.69, 9.17) is 9.47 Å². The quantitative estimate of drug-likeness (QED) is 0.379. The second-order valence-corrected chi connectivity index (χ2v) is 7.44. The number of thiophene rings is 1. The van der Waals surface area contributed by atoms with Crippen molar-refractivity contribution in [1.29, 1.82) is 5.26 Å². The van der Waals surface area contributed by atoms with Crippen molar-refractivity contribution >= 4 is 34.3 Å². The summed E-state index contributed by atoms with van der Waals surface area (Å²) in [4.78, 5) is 25.9. The van der Waals surface area contributed by atoms with Gasteiger partial charge in [-0.3, -0.25) is 4.79 Å². The zero-order chi connectivity index (χ0) is 21.4. The van der Waals surface area contributed by atoms with Crippen LogP contribution < -0.4 is 10.1 Å². The number of carbonyl (C=O) groups is 2. The smallest absolute Gasteiger partial charge is 0.341 e. The summed E-state index contributed by atoms with van der Waals surface area (Å²) in [6.45, 7) is 8.16. The van der Waals surface area contributed by atoms with Gasteiger partial charge in [0.1, 0.15) is 22.4 Å². The van der Waals surface area contributed by atoms with Gasteiger partial charge in [0.2, 0.25) is 0 Å². The Labute approximate surface area is 174 Å². The van der Waals surface area contributed by atoms with E-state index in [9.17, 15) is 14.9 Å². The Kier molecular flexibility index (Phi) is 7.98. The number of nitriles is 1. The van der Waals surface area contributed by atoms with E-state index in [0.717, 1.165) is 16.9 Å². The fourth-order valence-electron chi connectivity index (χ4n) is 2.58. The maximum Gasteiger partial charge on any atom is 0.341 e. The Bertz CT molecular complexity index is 970. The number of nitrogens with one attached hydrogen (secondary N) is 1. The highest BCUT2D eigenvalue weighted by atomic mass is 32.1. The minimum atomic E-state index is -0.593. The number of nitrogens with zero attached hydrogens (tertiary/aromatic N) is 1. The van der Waals surface area contributed by atoms with Gasteiger partial charge < -0.3 is 14.8 Å². The van der Waals surface area contributed by atoms with Gasteiger partial charge in [0.15, 0.2) is 0 Å². The van der Waals surface area contributed by atoms with Crippen molar-refractivity contribution in [2.75, 3.05) is 18.5 Å². The predicted octanol–water partition coefficient (Wildman–Crippen LogP) is 4.88. The van der Waals surface area contributed by atoms with Crippen LogP contribution in [0.25, 0.3) is 6.08 Å². The van der Waals surface area contributed by atoms with Gasteiger partial charge in [0.25, 0.3) is 5.91 Å². The molecular weight excluding hydrogens is 388 g/mol. The molecule has 0 spiro atoms. The number of carbonyl (C=O) groups excluding carboxylic acids is 2. The van der Waals surface area contributed by atoms with Gasteiger partial charge in [0.05, 0.1) is 18.8 Å². The van der Waals surface area contributed by atoms with E-state index in [1.54, 1.807) is 26.0 Å². The molecule has 0 atom stereocenters. The fourth-order valence-corrected chi connectivity index (χ4v) is 3.63. The number of hydrogen-bond donors (Lipinski definition) is 1. The summed E-state index contributed by atoms with van der Waals surface area (Å²) in [5.74, 6) is -0.486. The van der Waals surface area contributed by atoms with Gasteiger partial charge in [-0.15, -0.1) is 11.3 Å². The van der Waals surface area contributed by atoms with Gasteiger partial charge >= 0.3 is 5.97 Å². The highest BCUT2D eigenvalue weighted by Crippen LogP contribution is 2.33. The first-order chi connectivity index (χ1) is 13.9. The van der Waals surface area contributed by atoms with Crippen LogP contribution >= 0.6 is 11.3 Å². The van der Waals surface area contributed by atoms with Crippen molar-refractivity contribution in [2.45, 2.75) is 34.1 Å². The first-order valence-electron chi connectivity index (χ1n) is 9.34. The molecule has 1 aromatic carbocycles. The van der Waals surface area contributed by atoms with Crippen molar-refractivity contribution in [3.63, 3.8) is 0 Å². The summed E-state index contributed by atoms with van der Waals surface area (Å²) in [5.41, 5.74) is 1.63. The van der Waals surface area contributed by atoms with Crippen LogP contribution in [0.5, 0.6) is 5.75 Å². The third-order valence-corrected chi connectivity index (χ3v) is 5.26. The van der Waals surface area contributed by atoms with Crippen LogP contribution in [0.15, 0.2) is 29.8 Å². The van der Waals surface area contributed by atoms with Crippen LogP contribution in [0, 0.1) is 25.2 Å². The monoisotopic (exact) mass is 412 g/mol. The van der Waals surface area contributed by atoms with Crippen molar-refractivity contribution in [3.05, 3.63) is 51.4 Å². The average molecular weight is 413 g/mol. The maximum atomic E-state index is 12.7. The Morgan fingerprint density at radius 3 is 2.62 bits per heavy atom. The van der Waals surface area contributed by atoms with Crippen LogP contribution in [0.1, 0.15) is 46.6 Å². The summed E-state index contributed by atoms with van der Waals surface area (Å²) in [6.07, 6.45) is 2.33. The third-order valence-electron chi connectivity index (χ3n) is 4.14. The summed E-state index contributed by atoms with van der Waals surface area (Å²) in [6, 6.07) is 9.14. The molecule has 1 amide bonds. The van der Waals surface area contributed by atoms with Crippen LogP contribution in [0.3, 0.4) is 0 Å². The standard InChI is InChI=1S/C22H24N2O4S/c1-5-11-28-18-10-8-7-9-16(18)12-17(13-23)20(25)24-21-19(22(26)27-6-2)14(3)15(4)29-21/h7-10,12H,5-6,11H2,1-4H3,(H,24,25)/b17-12+. The minimum Gasteiger partial charge on any atom is -0.493 e. The van der Waals surface area contributed by atoms with Crippen molar-refractivity contribution in [2.24, 2.45) is 0 Å². The zero-order valence-corrected chi connectivity index (χ0v) is 17.8. The Balaban J connectivity index is 2.33. The van der Waals surface area contributed by atoms with E-state index in [0.29, 0.717) is 28.5 Å². The SMILES string of the molecule is CCCOc1ccccc1/C=C(\C#N)C(=O)Nc1sc(C)c(C)c1C(=O)OCC. The Hall–Kier alpha value is -3.11. The zero-order valence-electron chi connectivity index (χ0n) is 17.0. The first-order valence-corrected chi connectivity index (χ1v) is 10.2. The lowest BCUT2D eigenvalue weighted by Gasteiger charge is -2.09. The molecule has 1 N–H and O–H groups in total. The number of aryl methyl sites for hydroxylation is 1. The highest BCUT2D eigenvalue weighted by Gasteiger charge is 2.23. The normalized spacial score (nSPS) is 10.9. The van der Waals surface area contributed by atoms with E-state index in [2.05, 4.69) is 5.32 Å². The molecule has 2 rings (SSSR count). The maximum absolute atomic E-state index is 12.7. The summed E-state index contributed by atoms with van der Waals surface area (Å²) in [5, 5.41) is 12.6. The molecule has 0 aliphatic carbocycles. The minimum absolute atomic E-state index is 0.0870. The second-order valence-electron chi connectivity index (χ2n) is 6.22. The number of anilines is 1. The van der Waals surface area contributed by atoms with Gasteiger partial charge in [0, 0.05) is 10.4 Å². The molecule has 0 unspecified atom stereocenters. The molecule has 0 saturated carbocycles. The number of esters is 1. The molecule has 0 aliphatic heterocycles. The molecule has 2 aromatic rings. The number of hydrogen-bond acceptors (Lipinski definition) is 6. The largest absolute Gasteiger partial charge is 0.493 e. The van der Waals surface area contributed by atoms with E-state index < -0.39 is 11.9 Å². The molecule has 152 valence electrons. The van der Waals surface area contributed by atoms with Crippen molar-refractivity contribution < 1.29 is 19.1 Å². The Morgan fingerprint density at radius 2 is 1.97 bits per heavy atom. The molecule has 0 saturated heterocycles. The summed E-state index contributed by atoms with van der Waals surface area (Å²) in [7, 11) is 0. The average Bonchev–Trinajstić information content (AvgIpc) is 2.98. The molecule has 0 aliphatic rings. The lowest BCUT2D eigenvalue weighted by molar-refractivity contribution is -0.112. The third kappa shape index (κ3) is 5.46. The second kappa shape index (κ2) is 10.4. The number of ether oxygens (including phenoxy) is 2. The lowest BCUT2D eigenvalue weighted by atomic mass is 10.1. The van der Waals surface area contributed by atoms with E-state index in [-0.39, 0.29) is 12.2 Å². The topological polar surface area (TPSA) is 88.4 Å². The summed E-state index contributed by atoms with van der Waals surface area (Å²) >= 11 is 1.28.